The highest BCUT2D eigenvalue weighted by Gasteiger charge is 2.38. The predicted octanol–water partition coefficient (Wildman–Crippen LogP) is 5.26. The van der Waals surface area contributed by atoms with E-state index < -0.39 is 10.0 Å². The first-order valence-electron chi connectivity index (χ1n) is 14.3. The number of halogens is 1. The molecule has 1 N–H and O–H groups in total. The molecule has 0 unspecified atom stereocenters. The molecule has 2 aliphatic heterocycles. The van der Waals surface area contributed by atoms with Gasteiger partial charge in [-0.05, 0) is 80.0 Å². The van der Waals surface area contributed by atoms with E-state index in [1.807, 2.05) is 29.4 Å². The zero-order valence-electron chi connectivity index (χ0n) is 23.9. The van der Waals surface area contributed by atoms with Crippen molar-refractivity contribution in [2.24, 2.45) is 5.41 Å². The second-order valence-electron chi connectivity index (χ2n) is 11.5. The largest absolute Gasteiger partial charge is 0.371 e. The van der Waals surface area contributed by atoms with E-state index in [0.717, 1.165) is 51.9 Å². The van der Waals surface area contributed by atoms with Gasteiger partial charge in [-0.3, -0.25) is 9.78 Å². The zero-order chi connectivity index (χ0) is 29.5. The zero-order valence-corrected chi connectivity index (χ0v) is 25.5. The summed E-state index contributed by atoms with van der Waals surface area (Å²) in [6.07, 6.45) is 8.01. The number of piperidine rings is 2. The second-order valence-corrected chi connectivity index (χ2v) is 13.9. The molecule has 0 saturated carbocycles. The Hall–Kier alpha value is -3.47. The van der Waals surface area contributed by atoms with Gasteiger partial charge in [-0.25, -0.2) is 13.4 Å². The standard InChI is InChI=1S/C31H35ClN6O3S/c1-22-4-3-5-25(32)29(22)42(40,41)36(2)21-28-34-26-7-6-23(20-27(26)35-28)30(39)38-18-12-31(13-19-38)10-16-37(17-11-31)24-8-14-33-15-9-24/h3-9,14-15,20H,10-13,16-19,21H2,1-2H3,(H,34,35). The van der Waals surface area contributed by atoms with E-state index >= 15 is 0 Å². The van der Waals surface area contributed by atoms with E-state index in [-0.39, 0.29) is 22.4 Å². The first kappa shape index (κ1) is 28.6. The number of likely N-dealkylation sites (tertiary alicyclic amines) is 1. The predicted molar refractivity (Wildman–Crippen MR) is 164 cm³/mol. The molecule has 42 heavy (non-hydrogen) atoms. The number of amides is 1. The molecule has 4 aromatic rings. The fourth-order valence-electron chi connectivity index (χ4n) is 6.33. The average Bonchev–Trinajstić information content (AvgIpc) is 3.39. The average molecular weight is 607 g/mol. The maximum atomic E-state index is 13.5. The summed E-state index contributed by atoms with van der Waals surface area (Å²) < 4.78 is 27.7. The second kappa shape index (κ2) is 11.3. The molecule has 2 aliphatic rings. The van der Waals surface area contributed by atoms with Crippen molar-refractivity contribution in [3.05, 3.63) is 82.9 Å². The van der Waals surface area contributed by atoms with Crippen LogP contribution in [0, 0.1) is 12.3 Å². The van der Waals surface area contributed by atoms with Crippen molar-refractivity contribution in [2.75, 3.05) is 38.1 Å². The van der Waals surface area contributed by atoms with Crippen LogP contribution in [0.4, 0.5) is 5.69 Å². The highest BCUT2D eigenvalue weighted by molar-refractivity contribution is 7.89. The van der Waals surface area contributed by atoms with Crippen molar-refractivity contribution in [3.8, 4) is 0 Å². The minimum atomic E-state index is -3.83. The van der Waals surface area contributed by atoms with Crippen molar-refractivity contribution < 1.29 is 13.2 Å². The maximum Gasteiger partial charge on any atom is 0.253 e. The van der Waals surface area contributed by atoms with Gasteiger partial charge in [0.2, 0.25) is 10.0 Å². The molecule has 2 saturated heterocycles. The lowest BCUT2D eigenvalue weighted by atomic mass is 9.71. The summed E-state index contributed by atoms with van der Waals surface area (Å²) in [6, 6.07) is 14.6. The van der Waals surface area contributed by atoms with Crippen LogP contribution in [0.5, 0.6) is 0 Å². The van der Waals surface area contributed by atoms with Gasteiger partial charge in [0.05, 0.1) is 22.6 Å². The number of pyridine rings is 1. The number of anilines is 1. The van der Waals surface area contributed by atoms with Crippen LogP contribution < -0.4 is 4.90 Å². The third-order valence-corrected chi connectivity index (χ3v) is 11.4. The van der Waals surface area contributed by atoms with Crippen molar-refractivity contribution >= 4 is 44.3 Å². The summed E-state index contributed by atoms with van der Waals surface area (Å²) in [5.74, 6) is 0.509. The summed E-state index contributed by atoms with van der Waals surface area (Å²) >= 11 is 6.24. The molecule has 2 fully saturated rings. The van der Waals surface area contributed by atoms with Gasteiger partial charge in [0.15, 0.2) is 0 Å². The quantitative estimate of drug-likeness (QED) is 0.321. The topological polar surface area (TPSA) is 102 Å². The van der Waals surface area contributed by atoms with E-state index in [1.165, 1.54) is 17.0 Å². The minimum absolute atomic E-state index is 0.0195. The molecule has 0 radical (unpaired) electrons. The molecule has 11 heteroatoms. The smallest absolute Gasteiger partial charge is 0.253 e. The third-order valence-electron chi connectivity index (χ3n) is 8.95. The highest BCUT2D eigenvalue weighted by atomic mass is 35.5. The van der Waals surface area contributed by atoms with Gasteiger partial charge in [-0.15, -0.1) is 0 Å². The van der Waals surface area contributed by atoms with E-state index in [2.05, 4.69) is 32.0 Å². The molecular weight excluding hydrogens is 572 g/mol. The summed E-state index contributed by atoms with van der Waals surface area (Å²) in [4.78, 5) is 29.9. The highest BCUT2D eigenvalue weighted by Crippen LogP contribution is 2.42. The van der Waals surface area contributed by atoms with Crippen molar-refractivity contribution in [1.82, 2.24) is 24.2 Å². The van der Waals surface area contributed by atoms with E-state index in [9.17, 15) is 13.2 Å². The Bertz CT molecular complexity index is 1690. The normalized spacial score (nSPS) is 17.3. The van der Waals surface area contributed by atoms with Crippen LogP contribution in [0.2, 0.25) is 5.02 Å². The fraction of sp³-hybridized carbons (Fsp3) is 0.387. The number of hydrogen-bond donors (Lipinski definition) is 1. The monoisotopic (exact) mass is 606 g/mol. The van der Waals surface area contributed by atoms with Gasteiger partial charge < -0.3 is 14.8 Å². The summed E-state index contributed by atoms with van der Waals surface area (Å²) in [5.41, 5.74) is 4.10. The van der Waals surface area contributed by atoms with E-state index in [4.69, 9.17) is 11.6 Å². The number of carbonyl (C=O) groups excluding carboxylic acids is 1. The summed E-state index contributed by atoms with van der Waals surface area (Å²) in [7, 11) is -2.32. The van der Waals surface area contributed by atoms with Gasteiger partial charge >= 0.3 is 0 Å². The van der Waals surface area contributed by atoms with Crippen LogP contribution in [-0.2, 0) is 16.6 Å². The number of rotatable bonds is 6. The minimum Gasteiger partial charge on any atom is -0.371 e. The SMILES string of the molecule is Cc1cccc(Cl)c1S(=O)(=O)N(C)Cc1nc2ccc(C(=O)N3CCC4(CC3)CCN(c3ccncc3)CC4)cc2[nH]1. The number of aryl methyl sites for hydroxylation is 1. The number of carbonyl (C=O) groups is 1. The molecule has 9 nitrogen and oxygen atoms in total. The van der Waals surface area contributed by atoms with Crippen molar-refractivity contribution in [1.29, 1.82) is 0 Å². The lowest BCUT2D eigenvalue weighted by Gasteiger charge is -2.47. The van der Waals surface area contributed by atoms with E-state index in [0.29, 0.717) is 33.4 Å². The van der Waals surface area contributed by atoms with Crippen LogP contribution in [0.1, 0.15) is 47.4 Å². The molecule has 0 atom stereocenters. The number of benzene rings is 2. The first-order chi connectivity index (χ1) is 20.1. The number of aromatic amines is 1. The Morgan fingerprint density at radius 1 is 1.02 bits per heavy atom. The molecule has 6 rings (SSSR count). The Kier molecular flexibility index (Phi) is 7.72. The molecule has 2 aromatic heterocycles. The molecular formula is C31H35ClN6O3S. The van der Waals surface area contributed by atoms with Crippen LogP contribution in [0.3, 0.4) is 0 Å². The Morgan fingerprint density at radius 2 is 1.71 bits per heavy atom. The number of nitrogens with zero attached hydrogens (tertiary/aromatic N) is 5. The molecule has 2 aromatic carbocycles. The lowest BCUT2D eigenvalue weighted by Crippen LogP contribution is -2.48. The maximum absolute atomic E-state index is 13.5. The number of H-pyrrole nitrogens is 1. The Balaban J connectivity index is 1.09. The molecule has 0 aliphatic carbocycles. The fourth-order valence-corrected chi connectivity index (χ4v) is 8.23. The molecule has 4 heterocycles. The third kappa shape index (κ3) is 5.50. The Labute approximate surface area is 251 Å². The number of hydrogen-bond acceptors (Lipinski definition) is 6. The van der Waals surface area contributed by atoms with Gasteiger partial charge in [0.25, 0.3) is 5.91 Å². The van der Waals surface area contributed by atoms with Crippen molar-refractivity contribution in [2.45, 2.75) is 44.0 Å². The van der Waals surface area contributed by atoms with Gasteiger partial charge in [0.1, 0.15) is 10.7 Å². The number of fused-ring (bicyclic) bond motifs is 1. The van der Waals surface area contributed by atoms with Gasteiger partial charge in [0, 0.05) is 56.9 Å². The van der Waals surface area contributed by atoms with E-state index in [1.54, 1.807) is 31.2 Å². The van der Waals surface area contributed by atoms with Crippen LogP contribution in [-0.4, -0.2) is 71.7 Å². The number of sulfonamides is 1. The van der Waals surface area contributed by atoms with Crippen molar-refractivity contribution in [3.63, 3.8) is 0 Å². The van der Waals surface area contributed by atoms with Crippen LogP contribution in [0.25, 0.3) is 11.0 Å². The number of nitrogens with one attached hydrogen (secondary N) is 1. The first-order valence-corrected chi connectivity index (χ1v) is 16.1. The molecule has 220 valence electrons. The van der Waals surface area contributed by atoms with Crippen LogP contribution >= 0.6 is 11.6 Å². The van der Waals surface area contributed by atoms with Crippen LogP contribution in [0.15, 0.2) is 65.8 Å². The lowest BCUT2D eigenvalue weighted by molar-refractivity contribution is 0.0515. The van der Waals surface area contributed by atoms with Gasteiger partial charge in [-0.1, -0.05) is 23.7 Å². The number of imidazole rings is 1. The summed E-state index contributed by atoms with van der Waals surface area (Å²) in [5, 5.41) is 0.189. The number of aromatic nitrogens is 3. The molecule has 0 bridgehead atoms. The molecule has 1 spiro atoms. The molecule has 1 amide bonds. The van der Waals surface area contributed by atoms with Gasteiger partial charge in [-0.2, -0.15) is 4.31 Å². The Morgan fingerprint density at radius 3 is 2.40 bits per heavy atom. The summed E-state index contributed by atoms with van der Waals surface area (Å²) in [6.45, 7) is 5.34.